The number of hydrogen-bond acceptors (Lipinski definition) is 4. The SMILES string of the molecule is CCOC(OCC)c1cc(-c2c(F)cccc2OC)n[nH]1. The second-order valence-corrected chi connectivity index (χ2v) is 4.27. The molecule has 1 N–H and O–H groups in total. The second-order valence-electron chi connectivity index (χ2n) is 4.27. The van der Waals surface area contributed by atoms with E-state index in [2.05, 4.69) is 10.2 Å². The van der Waals surface area contributed by atoms with Crippen LogP contribution in [0.5, 0.6) is 5.75 Å². The van der Waals surface area contributed by atoms with Gasteiger partial charge in [-0.1, -0.05) is 6.07 Å². The molecule has 1 heterocycles. The number of aromatic nitrogens is 2. The van der Waals surface area contributed by atoms with Gasteiger partial charge in [0.25, 0.3) is 0 Å². The lowest BCUT2D eigenvalue weighted by molar-refractivity contribution is -0.142. The number of rotatable bonds is 7. The normalized spacial score (nSPS) is 11.1. The maximum atomic E-state index is 14.0. The van der Waals surface area contributed by atoms with Crippen molar-refractivity contribution in [3.05, 3.63) is 35.8 Å². The van der Waals surface area contributed by atoms with Crippen molar-refractivity contribution in [1.29, 1.82) is 0 Å². The number of aromatic amines is 1. The zero-order valence-electron chi connectivity index (χ0n) is 12.4. The van der Waals surface area contributed by atoms with Gasteiger partial charge in [-0.15, -0.1) is 0 Å². The van der Waals surface area contributed by atoms with Crippen LogP contribution >= 0.6 is 0 Å². The number of ether oxygens (including phenoxy) is 3. The molecule has 0 amide bonds. The van der Waals surface area contributed by atoms with Gasteiger partial charge < -0.3 is 14.2 Å². The van der Waals surface area contributed by atoms with Gasteiger partial charge in [0.1, 0.15) is 11.6 Å². The molecule has 21 heavy (non-hydrogen) atoms. The third-order valence-electron chi connectivity index (χ3n) is 2.94. The van der Waals surface area contributed by atoms with Crippen LogP contribution in [-0.4, -0.2) is 30.5 Å². The van der Waals surface area contributed by atoms with E-state index in [1.54, 1.807) is 18.2 Å². The number of halogens is 1. The molecule has 1 aromatic carbocycles. The third kappa shape index (κ3) is 3.40. The van der Waals surface area contributed by atoms with E-state index in [1.165, 1.54) is 13.2 Å². The van der Waals surface area contributed by atoms with E-state index in [4.69, 9.17) is 14.2 Å². The lowest BCUT2D eigenvalue weighted by Crippen LogP contribution is -2.09. The molecule has 0 unspecified atom stereocenters. The van der Waals surface area contributed by atoms with Crippen LogP contribution in [0.4, 0.5) is 4.39 Å². The lowest BCUT2D eigenvalue weighted by atomic mass is 10.1. The summed E-state index contributed by atoms with van der Waals surface area (Å²) in [6.45, 7) is 4.76. The average Bonchev–Trinajstić information content (AvgIpc) is 2.96. The maximum absolute atomic E-state index is 14.0. The van der Waals surface area contributed by atoms with Gasteiger partial charge in [0.05, 0.1) is 24.1 Å². The van der Waals surface area contributed by atoms with Crippen LogP contribution in [0.2, 0.25) is 0 Å². The molecule has 114 valence electrons. The van der Waals surface area contributed by atoms with E-state index in [9.17, 15) is 4.39 Å². The third-order valence-corrected chi connectivity index (χ3v) is 2.94. The summed E-state index contributed by atoms with van der Waals surface area (Å²) in [5, 5.41) is 6.97. The molecule has 0 aliphatic heterocycles. The van der Waals surface area contributed by atoms with Crippen molar-refractivity contribution < 1.29 is 18.6 Å². The quantitative estimate of drug-likeness (QED) is 0.796. The van der Waals surface area contributed by atoms with Crippen molar-refractivity contribution >= 4 is 0 Å². The second kappa shape index (κ2) is 7.19. The summed E-state index contributed by atoms with van der Waals surface area (Å²) < 4.78 is 30.2. The van der Waals surface area contributed by atoms with Crippen LogP contribution in [0.15, 0.2) is 24.3 Å². The fraction of sp³-hybridized carbons (Fsp3) is 0.400. The molecular formula is C15H19FN2O3. The maximum Gasteiger partial charge on any atom is 0.200 e. The fourth-order valence-electron chi connectivity index (χ4n) is 2.04. The molecule has 0 saturated heterocycles. The molecule has 0 saturated carbocycles. The average molecular weight is 294 g/mol. The van der Waals surface area contributed by atoms with E-state index in [0.29, 0.717) is 35.9 Å². The predicted molar refractivity (Wildman–Crippen MR) is 76.5 cm³/mol. The van der Waals surface area contributed by atoms with Gasteiger partial charge in [0, 0.05) is 13.2 Å². The van der Waals surface area contributed by atoms with E-state index in [-0.39, 0.29) is 0 Å². The highest BCUT2D eigenvalue weighted by atomic mass is 19.1. The number of nitrogens with zero attached hydrogens (tertiary/aromatic N) is 1. The zero-order valence-corrected chi connectivity index (χ0v) is 12.4. The number of H-pyrrole nitrogens is 1. The van der Waals surface area contributed by atoms with Gasteiger partial charge in [-0.2, -0.15) is 5.10 Å². The van der Waals surface area contributed by atoms with Crippen molar-refractivity contribution in [2.45, 2.75) is 20.1 Å². The van der Waals surface area contributed by atoms with Crippen molar-refractivity contribution in [2.24, 2.45) is 0 Å². The minimum absolute atomic E-state index is 0.314. The molecule has 0 radical (unpaired) electrons. The molecule has 0 atom stereocenters. The molecule has 2 rings (SSSR count). The summed E-state index contributed by atoms with van der Waals surface area (Å²) in [4.78, 5) is 0. The van der Waals surface area contributed by atoms with Crippen LogP contribution in [0.1, 0.15) is 25.8 Å². The first-order chi connectivity index (χ1) is 10.2. The molecule has 1 aromatic heterocycles. The van der Waals surface area contributed by atoms with Gasteiger partial charge in [-0.05, 0) is 32.0 Å². The van der Waals surface area contributed by atoms with E-state index >= 15 is 0 Å². The first-order valence-electron chi connectivity index (χ1n) is 6.82. The van der Waals surface area contributed by atoms with Gasteiger partial charge in [0.2, 0.25) is 0 Å². The van der Waals surface area contributed by atoms with Crippen LogP contribution in [0, 0.1) is 5.82 Å². The van der Waals surface area contributed by atoms with Gasteiger partial charge in [-0.25, -0.2) is 4.39 Å². The Labute approximate surface area is 123 Å². The first kappa shape index (κ1) is 15.5. The molecule has 5 nitrogen and oxygen atoms in total. The van der Waals surface area contributed by atoms with Crippen LogP contribution in [0.3, 0.4) is 0 Å². The van der Waals surface area contributed by atoms with Crippen LogP contribution in [-0.2, 0) is 9.47 Å². The minimum atomic E-state index is -0.543. The van der Waals surface area contributed by atoms with Crippen LogP contribution in [0.25, 0.3) is 11.3 Å². The van der Waals surface area contributed by atoms with Gasteiger partial charge in [0.15, 0.2) is 6.29 Å². The molecular weight excluding hydrogens is 275 g/mol. The highest BCUT2D eigenvalue weighted by Crippen LogP contribution is 2.32. The van der Waals surface area contributed by atoms with Crippen molar-refractivity contribution in [2.75, 3.05) is 20.3 Å². The Hall–Kier alpha value is -1.92. The van der Waals surface area contributed by atoms with Crippen molar-refractivity contribution in [3.63, 3.8) is 0 Å². The molecule has 6 heteroatoms. The smallest absolute Gasteiger partial charge is 0.200 e. The molecule has 0 spiro atoms. The summed E-state index contributed by atoms with van der Waals surface area (Å²) in [6, 6.07) is 6.36. The van der Waals surface area contributed by atoms with Gasteiger partial charge >= 0.3 is 0 Å². The molecule has 0 fully saturated rings. The summed E-state index contributed by atoms with van der Waals surface area (Å²) in [7, 11) is 1.50. The number of hydrogen-bond donors (Lipinski definition) is 1. The van der Waals surface area contributed by atoms with E-state index in [1.807, 2.05) is 13.8 Å². The molecule has 2 aromatic rings. The van der Waals surface area contributed by atoms with E-state index in [0.717, 1.165) is 0 Å². The molecule has 0 aliphatic rings. The predicted octanol–water partition coefficient (Wildman–Crippen LogP) is 3.30. The summed E-state index contributed by atoms with van der Waals surface area (Å²) in [5.74, 6) is 0.0363. The van der Waals surface area contributed by atoms with E-state index < -0.39 is 12.1 Å². The molecule has 0 aliphatic carbocycles. The highest BCUT2D eigenvalue weighted by molar-refractivity contribution is 5.68. The summed E-state index contributed by atoms with van der Waals surface area (Å²) >= 11 is 0. The Morgan fingerprint density at radius 2 is 1.95 bits per heavy atom. The van der Waals surface area contributed by atoms with Gasteiger partial charge in [-0.3, -0.25) is 5.10 Å². The largest absolute Gasteiger partial charge is 0.496 e. The lowest BCUT2D eigenvalue weighted by Gasteiger charge is -2.14. The van der Waals surface area contributed by atoms with Crippen molar-refractivity contribution in [1.82, 2.24) is 10.2 Å². The Morgan fingerprint density at radius 1 is 1.24 bits per heavy atom. The standard InChI is InChI=1S/C15H19FN2O3/c1-4-20-15(21-5-2)12-9-11(17-18-12)14-10(16)7-6-8-13(14)19-3/h6-9,15H,4-5H2,1-3H3,(H,17,18). The Balaban J connectivity index is 2.35. The number of nitrogens with one attached hydrogen (secondary N) is 1. The van der Waals surface area contributed by atoms with Crippen LogP contribution < -0.4 is 4.74 Å². The Bertz CT molecular complexity index is 580. The summed E-state index contributed by atoms with van der Waals surface area (Å²) in [6.07, 6.45) is -0.543. The fourth-order valence-corrected chi connectivity index (χ4v) is 2.04. The molecule has 0 bridgehead atoms. The topological polar surface area (TPSA) is 56.4 Å². The monoisotopic (exact) mass is 294 g/mol. The summed E-state index contributed by atoms with van der Waals surface area (Å²) in [5.41, 5.74) is 1.40. The first-order valence-corrected chi connectivity index (χ1v) is 6.82. The van der Waals surface area contributed by atoms with Crippen molar-refractivity contribution in [3.8, 4) is 17.0 Å². The number of methoxy groups -OCH3 is 1. The Kier molecular flexibility index (Phi) is 5.30. The Morgan fingerprint density at radius 3 is 2.57 bits per heavy atom. The highest BCUT2D eigenvalue weighted by Gasteiger charge is 2.19. The zero-order chi connectivity index (χ0) is 15.2. The minimum Gasteiger partial charge on any atom is -0.496 e. The number of benzene rings is 1.